The van der Waals surface area contributed by atoms with Crippen molar-refractivity contribution < 1.29 is 0 Å². The predicted molar refractivity (Wildman–Crippen MR) is 66.6 cm³/mol. The van der Waals surface area contributed by atoms with Gasteiger partial charge in [0.15, 0.2) is 0 Å². The average Bonchev–Trinajstić information content (AvgIpc) is 2.21. The van der Waals surface area contributed by atoms with E-state index in [1.54, 1.807) is 6.07 Å². The second-order valence-electron chi connectivity index (χ2n) is 3.61. The number of nitrogens with zero attached hydrogens (tertiary/aromatic N) is 1. The van der Waals surface area contributed by atoms with Gasteiger partial charge in [0.05, 0.1) is 0 Å². The Kier molecular flexibility index (Phi) is 4.87. The molecular weight excluding hydrogens is 231 g/mol. The van der Waals surface area contributed by atoms with Gasteiger partial charge in [-0.1, -0.05) is 23.2 Å². The van der Waals surface area contributed by atoms with Crippen LogP contribution in [0.25, 0.3) is 0 Å². The summed E-state index contributed by atoms with van der Waals surface area (Å²) in [7, 11) is 2.02. The van der Waals surface area contributed by atoms with Gasteiger partial charge in [-0.2, -0.15) is 0 Å². The lowest BCUT2D eigenvalue weighted by molar-refractivity contribution is 0.269. The molecule has 0 fully saturated rings. The minimum atomic E-state index is 0.222. The molecule has 4 heteroatoms. The minimum absolute atomic E-state index is 0.222. The molecule has 0 aliphatic heterocycles. The second-order valence-corrected chi connectivity index (χ2v) is 4.45. The van der Waals surface area contributed by atoms with Crippen LogP contribution < -0.4 is 5.73 Å². The van der Waals surface area contributed by atoms with Crippen LogP contribution in [0.2, 0.25) is 10.0 Å². The maximum Gasteiger partial charge on any atom is 0.0454 e. The topological polar surface area (TPSA) is 29.3 Å². The van der Waals surface area contributed by atoms with E-state index in [9.17, 15) is 0 Å². The van der Waals surface area contributed by atoms with E-state index >= 15 is 0 Å². The van der Waals surface area contributed by atoms with Gasteiger partial charge in [-0.05, 0) is 37.7 Å². The molecule has 0 aliphatic carbocycles. The molecule has 0 spiro atoms. The first-order valence-electron chi connectivity index (χ1n) is 4.91. The van der Waals surface area contributed by atoms with Gasteiger partial charge >= 0.3 is 0 Å². The number of hydrogen-bond acceptors (Lipinski definition) is 2. The molecule has 0 saturated carbocycles. The molecule has 0 aliphatic rings. The van der Waals surface area contributed by atoms with Crippen molar-refractivity contribution in [1.82, 2.24) is 4.90 Å². The van der Waals surface area contributed by atoms with E-state index in [1.807, 2.05) is 19.2 Å². The van der Waals surface area contributed by atoms with Crippen LogP contribution in [0.4, 0.5) is 0 Å². The zero-order valence-electron chi connectivity index (χ0n) is 9.00. The SMILES string of the molecule is CC(c1cc(Cl)ccc1Cl)N(C)CCN. The molecule has 1 aromatic rings. The van der Waals surface area contributed by atoms with Crippen LogP contribution in [-0.4, -0.2) is 25.0 Å². The first kappa shape index (κ1) is 12.8. The Bertz CT molecular complexity index is 328. The zero-order chi connectivity index (χ0) is 11.4. The molecule has 1 rings (SSSR count). The Morgan fingerprint density at radius 1 is 1.40 bits per heavy atom. The van der Waals surface area contributed by atoms with Gasteiger partial charge in [0, 0.05) is 29.2 Å². The zero-order valence-corrected chi connectivity index (χ0v) is 10.5. The summed E-state index contributed by atoms with van der Waals surface area (Å²) in [5.74, 6) is 0. The lowest BCUT2D eigenvalue weighted by atomic mass is 10.1. The molecule has 0 heterocycles. The highest BCUT2D eigenvalue weighted by Crippen LogP contribution is 2.28. The Hall–Kier alpha value is -0.280. The Balaban J connectivity index is 2.89. The average molecular weight is 247 g/mol. The van der Waals surface area contributed by atoms with Crippen molar-refractivity contribution in [3.05, 3.63) is 33.8 Å². The van der Waals surface area contributed by atoms with Gasteiger partial charge in [-0.25, -0.2) is 0 Å². The number of nitrogens with two attached hydrogens (primary N) is 1. The molecular formula is C11H16Cl2N2. The highest BCUT2D eigenvalue weighted by atomic mass is 35.5. The van der Waals surface area contributed by atoms with Crippen LogP contribution >= 0.6 is 23.2 Å². The summed E-state index contributed by atoms with van der Waals surface area (Å²) in [6, 6.07) is 5.75. The van der Waals surface area contributed by atoms with Crippen LogP contribution in [0.1, 0.15) is 18.5 Å². The quantitative estimate of drug-likeness (QED) is 0.886. The van der Waals surface area contributed by atoms with E-state index in [4.69, 9.17) is 28.9 Å². The second kappa shape index (κ2) is 5.71. The molecule has 0 radical (unpaired) electrons. The van der Waals surface area contributed by atoms with Crippen molar-refractivity contribution in [3.63, 3.8) is 0 Å². The summed E-state index contributed by atoms with van der Waals surface area (Å²) in [4.78, 5) is 2.15. The number of halogens is 2. The molecule has 1 aromatic carbocycles. The minimum Gasteiger partial charge on any atom is -0.329 e. The lowest BCUT2D eigenvalue weighted by Gasteiger charge is -2.25. The monoisotopic (exact) mass is 246 g/mol. The molecule has 0 amide bonds. The van der Waals surface area contributed by atoms with E-state index in [-0.39, 0.29) is 6.04 Å². The molecule has 1 atom stereocenters. The number of likely N-dealkylation sites (N-methyl/N-ethyl adjacent to an activating group) is 1. The van der Waals surface area contributed by atoms with Gasteiger partial charge < -0.3 is 5.73 Å². The van der Waals surface area contributed by atoms with Crippen LogP contribution in [0, 0.1) is 0 Å². The van der Waals surface area contributed by atoms with E-state index in [0.29, 0.717) is 11.6 Å². The third-order valence-corrected chi connectivity index (χ3v) is 3.13. The summed E-state index contributed by atoms with van der Waals surface area (Å²) in [5.41, 5.74) is 6.55. The fourth-order valence-corrected chi connectivity index (χ4v) is 1.93. The largest absolute Gasteiger partial charge is 0.329 e. The van der Waals surface area contributed by atoms with E-state index in [1.165, 1.54) is 0 Å². The lowest BCUT2D eigenvalue weighted by Crippen LogP contribution is -2.28. The summed E-state index contributed by atoms with van der Waals surface area (Å²) in [6.07, 6.45) is 0. The van der Waals surface area contributed by atoms with Gasteiger partial charge in [0.2, 0.25) is 0 Å². The molecule has 15 heavy (non-hydrogen) atoms. The summed E-state index contributed by atoms with van der Waals surface area (Å²) < 4.78 is 0. The molecule has 2 nitrogen and oxygen atoms in total. The van der Waals surface area contributed by atoms with Crippen molar-refractivity contribution in [2.75, 3.05) is 20.1 Å². The van der Waals surface area contributed by atoms with Crippen LogP contribution in [0.5, 0.6) is 0 Å². The Labute approximate surface area is 101 Å². The number of rotatable bonds is 4. The molecule has 0 bridgehead atoms. The maximum absolute atomic E-state index is 6.12. The Morgan fingerprint density at radius 2 is 2.07 bits per heavy atom. The van der Waals surface area contributed by atoms with Crippen LogP contribution in [0.15, 0.2) is 18.2 Å². The summed E-state index contributed by atoms with van der Waals surface area (Å²) in [5, 5.41) is 1.46. The van der Waals surface area contributed by atoms with Crippen molar-refractivity contribution in [2.24, 2.45) is 5.73 Å². The maximum atomic E-state index is 6.12. The predicted octanol–water partition coefficient (Wildman–Crippen LogP) is 2.94. The first-order valence-corrected chi connectivity index (χ1v) is 5.67. The third kappa shape index (κ3) is 3.35. The normalized spacial score (nSPS) is 13.2. The fourth-order valence-electron chi connectivity index (χ4n) is 1.47. The molecule has 84 valence electrons. The van der Waals surface area contributed by atoms with E-state index < -0.39 is 0 Å². The van der Waals surface area contributed by atoms with Crippen molar-refractivity contribution in [3.8, 4) is 0 Å². The van der Waals surface area contributed by atoms with Gasteiger partial charge in [0.1, 0.15) is 0 Å². The highest BCUT2D eigenvalue weighted by molar-refractivity contribution is 6.33. The molecule has 1 unspecified atom stereocenters. The van der Waals surface area contributed by atoms with E-state index in [0.717, 1.165) is 17.1 Å². The first-order chi connectivity index (χ1) is 7.06. The summed E-state index contributed by atoms with van der Waals surface area (Å²) in [6.45, 7) is 3.57. The third-order valence-electron chi connectivity index (χ3n) is 2.55. The van der Waals surface area contributed by atoms with Crippen molar-refractivity contribution >= 4 is 23.2 Å². The molecule has 0 aromatic heterocycles. The smallest absolute Gasteiger partial charge is 0.0454 e. The molecule has 2 N–H and O–H groups in total. The van der Waals surface area contributed by atoms with Gasteiger partial charge in [-0.15, -0.1) is 0 Å². The highest BCUT2D eigenvalue weighted by Gasteiger charge is 2.14. The summed E-state index contributed by atoms with van der Waals surface area (Å²) >= 11 is 12.1. The fraction of sp³-hybridized carbons (Fsp3) is 0.455. The van der Waals surface area contributed by atoms with Crippen molar-refractivity contribution in [1.29, 1.82) is 0 Å². The van der Waals surface area contributed by atoms with Crippen molar-refractivity contribution in [2.45, 2.75) is 13.0 Å². The molecule has 0 saturated heterocycles. The van der Waals surface area contributed by atoms with Gasteiger partial charge in [-0.3, -0.25) is 4.90 Å². The van der Waals surface area contributed by atoms with E-state index in [2.05, 4.69) is 11.8 Å². The Morgan fingerprint density at radius 3 is 2.67 bits per heavy atom. The number of benzene rings is 1. The standard InChI is InChI=1S/C11H16Cl2N2/c1-8(15(2)6-5-14)10-7-9(12)3-4-11(10)13/h3-4,7-8H,5-6,14H2,1-2H3. The van der Waals surface area contributed by atoms with Crippen LogP contribution in [-0.2, 0) is 0 Å². The number of hydrogen-bond donors (Lipinski definition) is 1. The van der Waals surface area contributed by atoms with Crippen LogP contribution in [0.3, 0.4) is 0 Å². The van der Waals surface area contributed by atoms with Gasteiger partial charge in [0.25, 0.3) is 0 Å².